The second-order valence-corrected chi connectivity index (χ2v) is 6.98. The van der Waals surface area contributed by atoms with E-state index in [-0.39, 0.29) is 11.7 Å². The summed E-state index contributed by atoms with van der Waals surface area (Å²) in [5.74, 6) is -1.08. The lowest BCUT2D eigenvalue weighted by Gasteiger charge is -2.09. The number of nitrogens with one attached hydrogen (secondary N) is 2. The normalized spacial score (nSPS) is 10.4. The fraction of sp³-hybridized carbons (Fsp3) is 0.100. The standard InChI is InChI=1S/C20H17FN2O2S/c1-12-3-8-16(13(2)11-12)19(24)22-23-20(25)18-10-9-17(26-18)14-4-6-15(21)7-5-14/h3-11H,1-2H3,(H,22,24)(H,23,25). The summed E-state index contributed by atoms with van der Waals surface area (Å²) in [6.07, 6.45) is 0. The Morgan fingerprint density at radius 1 is 0.885 bits per heavy atom. The minimum absolute atomic E-state index is 0.308. The molecule has 2 aromatic carbocycles. The number of carbonyl (C=O) groups is 2. The van der Waals surface area contributed by atoms with E-state index >= 15 is 0 Å². The molecule has 0 aliphatic rings. The maximum Gasteiger partial charge on any atom is 0.279 e. The number of rotatable bonds is 3. The van der Waals surface area contributed by atoms with Gasteiger partial charge in [0.2, 0.25) is 0 Å². The third kappa shape index (κ3) is 3.97. The summed E-state index contributed by atoms with van der Waals surface area (Å²) in [5.41, 5.74) is 8.10. The van der Waals surface area contributed by atoms with Gasteiger partial charge in [0.25, 0.3) is 11.8 Å². The SMILES string of the molecule is Cc1ccc(C(=O)NNC(=O)c2ccc(-c3ccc(F)cc3)s2)c(C)c1. The minimum Gasteiger partial charge on any atom is -0.267 e. The molecule has 26 heavy (non-hydrogen) atoms. The van der Waals surface area contributed by atoms with Crippen LogP contribution in [0.15, 0.2) is 54.6 Å². The van der Waals surface area contributed by atoms with Crippen molar-refractivity contribution in [2.24, 2.45) is 0 Å². The van der Waals surface area contributed by atoms with Crippen LogP contribution in [0.4, 0.5) is 4.39 Å². The smallest absolute Gasteiger partial charge is 0.267 e. The Morgan fingerprint density at radius 3 is 2.27 bits per heavy atom. The molecule has 3 aromatic rings. The molecule has 6 heteroatoms. The second kappa shape index (κ2) is 7.49. The average Bonchev–Trinajstić information content (AvgIpc) is 3.10. The van der Waals surface area contributed by atoms with E-state index in [0.29, 0.717) is 10.4 Å². The predicted molar refractivity (Wildman–Crippen MR) is 101 cm³/mol. The van der Waals surface area contributed by atoms with E-state index in [4.69, 9.17) is 0 Å². The number of hydrazine groups is 1. The van der Waals surface area contributed by atoms with Crippen molar-refractivity contribution in [3.05, 3.63) is 82.0 Å². The first-order valence-electron chi connectivity index (χ1n) is 7.98. The van der Waals surface area contributed by atoms with Crippen molar-refractivity contribution in [3.8, 4) is 10.4 Å². The van der Waals surface area contributed by atoms with Crippen LogP contribution in [0.1, 0.15) is 31.2 Å². The molecule has 0 fully saturated rings. The summed E-state index contributed by atoms with van der Waals surface area (Å²) in [5, 5.41) is 0. The van der Waals surface area contributed by atoms with Gasteiger partial charge in [-0.3, -0.25) is 20.4 Å². The molecule has 2 amide bonds. The van der Waals surface area contributed by atoms with Crippen molar-refractivity contribution in [2.45, 2.75) is 13.8 Å². The fourth-order valence-electron chi connectivity index (χ4n) is 2.54. The van der Waals surface area contributed by atoms with Crippen LogP contribution in [0.2, 0.25) is 0 Å². The molecule has 4 nitrogen and oxygen atoms in total. The zero-order valence-electron chi connectivity index (χ0n) is 14.3. The van der Waals surface area contributed by atoms with Crippen LogP contribution in [0, 0.1) is 19.7 Å². The number of thiophene rings is 1. The van der Waals surface area contributed by atoms with Crippen molar-refractivity contribution < 1.29 is 14.0 Å². The Labute approximate surface area is 154 Å². The van der Waals surface area contributed by atoms with Gasteiger partial charge in [-0.1, -0.05) is 29.8 Å². The topological polar surface area (TPSA) is 58.2 Å². The van der Waals surface area contributed by atoms with E-state index in [0.717, 1.165) is 21.6 Å². The molecule has 3 rings (SSSR count). The number of amides is 2. The van der Waals surface area contributed by atoms with E-state index in [1.54, 1.807) is 30.3 Å². The summed E-state index contributed by atoms with van der Waals surface area (Å²) in [7, 11) is 0. The maximum atomic E-state index is 13.0. The number of halogens is 1. The summed E-state index contributed by atoms with van der Waals surface area (Å²) in [6, 6.07) is 15.0. The van der Waals surface area contributed by atoms with Crippen LogP contribution in [-0.2, 0) is 0 Å². The minimum atomic E-state index is -0.401. The van der Waals surface area contributed by atoms with Crippen LogP contribution < -0.4 is 10.9 Å². The van der Waals surface area contributed by atoms with Crippen LogP contribution in [-0.4, -0.2) is 11.8 Å². The molecule has 0 spiro atoms. The van der Waals surface area contributed by atoms with Crippen LogP contribution >= 0.6 is 11.3 Å². The number of hydrogen-bond donors (Lipinski definition) is 2. The quantitative estimate of drug-likeness (QED) is 0.679. The van der Waals surface area contributed by atoms with Crippen molar-refractivity contribution in [3.63, 3.8) is 0 Å². The number of benzene rings is 2. The van der Waals surface area contributed by atoms with Gasteiger partial charge in [0.1, 0.15) is 5.82 Å². The molecule has 0 aliphatic heterocycles. The maximum absolute atomic E-state index is 13.0. The molecule has 0 unspecified atom stereocenters. The van der Waals surface area contributed by atoms with Crippen molar-refractivity contribution in [1.82, 2.24) is 10.9 Å². The van der Waals surface area contributed by atoms with Gasteiger partial charge in [-0.25, -0.2) is 4.39 Å². The largest absolute Gasteiger partial charge is 0.279 e. The zero-order valence-corrected chi connectivity index (χ0v) is 15.1. The Bertz CT molecular complexity index is 964. The van der Waals surface area contributed by atoms with Crippen molar-refractivity contribution >= 4 is 23.2 Å². The Balaban J connectivity index is 1.65. The summed E-state index contributed by atoms with van der Waals surface area (Å²) in [4.78, 5) is 25.7. The molecule has 0 saturated carbocycles. The molecule has 132 valence electrons. The number of aryl methyl sites for hydroxylation is 2. The third-order valence-corrected chi connectivity index (χ3v) is 5.01. The zero-order chi connectivity index (χ0) is 18.7. The third-order valence-electron chi connectivity index (χ3n) is 3.87. The molecule has 0 saturated heterocycles. The first-order chi connectivity index (χ1) is 12.4. The monoisotopic (exact) mass is 368 g/mol. The molecule has 0 radical (unpaired) electrons. The highest BCUT2D eigenvalue weighted by atomic mass is 32.1. The lowest BCUT2D eigenvalue weighted by molar-refractivity contribution is 0.0848. The van der Waals surface area contributed by atoms with E-state index in [1.807, 2.05) is 26.0 Å². The molecule has 0 bridgehead atoms. The second-order valence-electron chi connectivity index (χ2n) is 5.90. The van der Waals surface area contributed by atoms with Gasteiger partial charge >= 0.3 is 0 Å². The molecule has 1 heterocycles. The van der Waals surface area contributed by atoms with Gasteiger partial charge in [-0.2, -0.15) is 0 Å². The van der Waals surface area contributed by atoms with Crippen molar-refractivity contribution in [2.75, 3.05) is 0 Å². The highest BCUT2D eigenvalue weighted by Crippen LogP contribution is 2.28. The summed E-state index contributed by atoms with van der Waals surface area (Å²) < 4.78 is 13.0. The van der Waals surface area contributed by atoms with E-state index in [9.17, 15) is 14.0 Å². The van der Waals surface area contributed by atoms with E-state index < -0.39 is 5.91 Å². The summed E-state index contributed by atoms with van der Waals surface area (Å²) in [6.45, 7) is 3.80. The molecular weight excluding hydrogens is 351 g/mol. The average molecular weight is 368 g/mol. The van der Waals surface area contributed by atoms with Gasteiger partial charge in [-0.05, 0) is 55.3 Å². The van der Waals surface area contributed by atoms with E-state index in [1.165, 1.54) is 23.5 Å². The Hall–Kier alpha value is -2.99. The van der Waals surface area contributed by atoms with Gasteiger partial charge in [-0.15, -0.1) is 11.3 Å². The molecule has 2 N–H and O–H groups in total. The fourth-order valence-corrected chi connectivity index (χ4v) is 3.45. The molecule has 0 aliphatic carbocycles. The number of carbonyl (C=O) groups excluding carboxylic acids is 2. The first kappa shape index (κ1) is 17.8. The van der Waals surface area contributed by atoms with Gasteiger partial charge in [0.15, 0.2) is 0 Å². The molecular formula is C20H17FN2O2S. The Kier molecular flexibility index (Phi) is 5.14. The van der Waals surface area contributed by atoms with Crippen LogP contribution in [0.25, 0.3) is 10.4 Å². The first-order valence-corrected chi connectivity index (χ1v) is 8.79. The van der Waals surface area contributed by atoms with Gasteiger partial charge < -0.3 is 0 Å². The molecule has 0 atom stereocenters. The van der Waals surface area contributed by atoms with Crippen LogP contribution in [0.5, 0.6) is 0 Å². The highest BCUT2D eigenvalue weighted by molar-refractivity contribution is 7.17. The van der Waals surface area contributed by atoms with Crippen molar-refractivity contribution in [1.29, 1.82) is 0 Å². The number of hydrogen-bond acceptors (Lipinski definition) is 3. The summed E-state index contributed by atoms with van der Waals surface area (Å²) >= 11 is 1.27. The Morgan fingerprint density at radius 2 is 1.58 bits per heavy atom. The highest BCUT2D eigenvalue weighted by Gasteiger charge is 2.13. The van der Waals surface area contributed by atoms with Gasteiger partial charge in [0, 0.05) is 10.4 Å². The lowest BCUT2D eigenvalue weighted by Crippen LogP contribution is -2.41. The van der Waals surface area contributed by atoms with Gasteiger partial charge in [0.05, 0.1) is 4.88 Å². The molecule has 1 aromatic heterocycles. The van der Waals surface area contributed by atoms with E-state index in [2.05, 4.69) is 10.9 Å². The van der Waals surface area contributed by atoms with Crippen LogP contribution in [0.3, 0.4) is 0 Å². The predicted octanol–water partition coefficient (Wildman–Crippen LogP) is 4.25. The lowest BCUT2D eigenvalue weighted by atomic mass is 10.1.